The average molecular weight is 496 g/mol. The minimum Gasteiger partial charge on any atom is -0.492 e. The van der Waals surface area contributed by atoms with E-state index in [1.807, 2.05) is 25.3 Å². The van der Waals surface area contributed by atoms with Crippen molar-refractivity contribution in [3.05, 3.63) is 70.4 Å². The lowest BCUT2D eigenvalue weighted by molar-refractivity contribution is -0.116. The second-order valence-electron chi connectivity index (χ2n) is 7.45. The molecule has 3 amide bonds. The van der Waals surface area contributed by atoms with Crippen LogP contribution >= 0.6 is 11.3 Å². The number of carbonyl (C=O) groups excluding carboxylic acids is 3. The number of hydrogen-bond acceptors (Lipinski definition) is 6. The first-order valence-corrected chi connectivity index (χ1v) is 12.4. The zero-order valence-electron chi connectivity index (χ0n) is 19.8. The smallest absolute Gasteiger partial charge is 0.255 e. The van der Waals surface area contributed by atoms with Crippen molar-refractivity contribution in [2.45, 2.75) is 26.7 Å². The molecule has 0 spiro atoms. The number of carbonyl (C=O) groups is 3. The Bertz CT molecular complexity index is 1130. The van der Waals surface area contributed by atoms with Gasteiger partial charge in [-0.25, -0.2) is 0 Å². The lowest BCUT2D eigenvalue weighted by Crippen LogP contribution is -2.25. The molecule has 2 aromatic carbocycles. The summed E-state index contributed by atoms with van der Waals surface area (Å²) in [5.41, 5.74) is 2.01. The van der Waals surface area contributed by atoms with Crippen LogP contribution in [0, 0.1) is 0 Å². The Morgan fingerprint density at radius 2 is 1.49 bits per heavy atom. The number of amides is 3. The molecule has 0 bridgehead atoms. The molecule has 0 saturated carbocycles. The molecule has 0 saturated heterocycles. The molecular formula is C26H29N3O5S. The fourth-order valence-electron chi connectivity index (χ4n) is 3.25. The van der Waals surface area contributed by atoms with Crippen molar-refractivity contribution < 1.29 is 23.9 Å². The maximum absolute atomic E-state index is 12.7. The van der Waals surface area contributed by atoms with Gasteiger partial charge in [-0.3, -0.25) is 14.4 Å². The van der Waals surface area contributed by atoms with E-state index in [9.17, 15) is 14.4 Å². The summed E-state index contributed by atoms with van der Waals surface area (Å²) in [5.74, 6) is 0.173. The topological polar surface area (TPSA) is 106 Å². The second-order valence-corrected chi connectivity index (χ2v) is 8.23. The molecule has 3 rings (SSSR count). The van der Waals surface area contributed by atoms with Gasteiger partial charge in [-0.15, -0.1) is 0 Å². The van der Waals surface area contributed by atoms with E-state index in [0.29, 0.717) is 60.2 Å². The molecule has 0 unspecified atom stereocenters. The van der Waals surface area contributed by atoms with Gasteiger partial charge in [-0.05, 0) is 43.8 Å². The highest BCUT2D eigenvalue weighted by Gasteiger charge is 2.17. The van der Waals surface area contributed by atoms with Crippen molar-refractivity contribution in [1.82, 2.24) is 5.32 Å². The van der Waals surface area contributed by atoms with Crippen LogP contribution in [0.5, 0.6) is 11.5 Å². The number of benzene rings is 2. The van der Waals surface area contributed by atoms with E-state index in [-0.39, 0.29) is 24.1 Å². The van der Waals surface area contributed by atoms with Crippen molar-refractivity contribution in [2.24, 2.45) is 0 Å². The highest BCUT2D eigenvalue weighted by atomic mass is 32.1. The molecule has 184 valence electrons. The van der Waals surface area contributed by atoms with E-state index >= 15 is 0 Å². The maximum atomic E-state index is 12.7. The minimum atomic E-state index is -0.282. The molecule has 1 aromatic heterocycles. The summed E-state index contributed by atoms with van der Waals surface area (Å²) in [7, 11) is 0. The summed E-state index contributed by atoms with van der Waals surface area (Å²) in [6.07, 6.45) is 0.696. The van der Waals surface area contributed by atoms with Gasteiger partial charge in [-0.2, -0.15) is 11.3 Å². The van der Waals surface area contributed by atoms with Crippen LogP contribution in [0.3, 0.4) is 0 Å². The second kappa shape index (κ2) is 13.1. The lowest BCUT2D eigenvalue weighted by atomic mass is 10.2. The number of anilines is 2. The molecule has 1 heterocycles. The Kier molecular flexibility index (Phi) is 9.68. The number of rotatable bonds is 12. The van der Waals surface area contributed by atoms with Crippen LogP contribution in [0.15, 0.2) is 59.3 Å². The first kappa shape index (κ1) is 25.8. The first-order valence-electron chi connectivity index (χ1n) is 11.4. The first-order chi connectivity index (χ1) is 17.0. The summed E-state index contributed by atoms with van der Waals surface area (Å²) in [6.45, 7) is 4.80. The van der Waals surface area contributed by atoms with Crippen molar-refractivity contribution in [3.63, 3.8) is 0 Å². The van der Waals surface area contributed by atoms with Crippen molar-refractivity contribution in [1.29, 1.82) is 0 Å². The summed E-state index contributed by atoms with van der Waals surface area (Å²) < 4.78 is 11.4. The highest BCUT2D eigenvalue weighted by Crippen LogP contribution is 2.37. The standard InChI is InChI=1S/C26H29N3O5S/c1-3-33-22-16-21(29-26(32)18-9-6-5-7-10-18)23(34-4-2)15-20(22)28-24(30)11-8-13-27-25(31)19-12-14-35-17-19/h5-7,9-10,12,14-17H,3-4,8,11,13H2,1-2H3,(H,27,31)(H,28,30)(H,29,32). The molecule has 9 heteroatoms. The SMILES string of the molecule is CCOc1cc(NC(=O)c2ccccc2)c(OCC)cc1NC(=O)CCCNC(=O)c1ccsc1. The van der Waals surface area contributed by atoms with E-state index in [4.69, 9.17) is 9.47 Å². The van der Waals surface area contributed by atoms with Crippen LogP contribution in [-0.4, -0.2) is 37.5 Å². The predicted octanol–water partition coefficient (Wildman–Crippen LogP) is 4.95. The third-order valence-electron chi connectivity index (χ3n) is 4.89. The van der Waals surface area contributed by atoms with E-state index in [0.717, 1.165) is 0 Å². The molecule has 0 aliphatic carbocycles. The van der Waals surface area contributed by atoms with Gasteiger partial charge >= 0.3 is 0 Å². The minimum absolute atomic E-state index is 0.153. The Hall–Kier alpha value is -3.85. The molecule has 0 radical (unpaired) electrons. The van der Waals surface area contributed by atoms with Gasteiger partial charge in [0, 0.05) is 41.6 Å². The fourth-order valence-corrected chi connectivity index (χ4v) is 3.88. The quantitative estimate of drug-likeness (QED) is 0.309. The molecular weight excluding hydrogens is 466 g/mol. The predicted molar refractivity (Wildman–Crippen MR) is 138 cm³/mol. The summed E-state index contributed by atoms with van der Waals surface area (Å²) >= 11 is 1.46. The van der Waals surface area contributed by atoms with Gasteiger partial charge < -0.3 is 25.4 Å². The average Bonchev–Trinajstić information content (AvgIpc) is 3.40. The largest absolute Gasteiger partial charge is 0.492 e. The van der Waals surface area contributed by atoms with Crippen molar-refractivity contribution >= 4 is 40.4 Å². The Morgan fingerprint density at radius 1 is 0.829 bits per heavy atom. The van der Waals surface area contributed by atoms with E-state index < -0.39 is 0 Å². The summed E-state index contributed by atoms with van der Waals surface area (Å²) in [5, 5.41) is 12.1. The van der Waals surface area contributed by atoms with Crippen LogP contribution in [0.2, 0.25) is 0 Å². The van der Waals surface area contributed by atoms with Crippen LogP contribution in [0.1, 0.15) is 47.4 Å². The maximum Gasteiger partial charge on any atom is 0.255 e. The number of thiophene rings is 1. The third kappa shape index (κ3) is 7.58. The van der Waals surface area contributed by atoms with Crippen molar-refractivity contribution in [2.75, 3.05) is 30.4 Å². The molecule has 0 aliphatic rings. The lowest BCUT2D eigenvalue weighted by Gasteiger charge is -2.18. The molecule has 0 aliphatic heterocycles. The Labute approximate surface area is 208 Å². The molecule has 35 heavy (non-hydrogen) atoms. The van der Waals surface area contributed by atoms with Gasteiger partial charge in [0.25, 0.3) is 11.8 Å². The van der Waals surface area contributed by atoms with Crippen molar-refractivity contribution in [3.8, 4) is 11.5 Å². The summed E-state index contributed by atoms with van der Waals surface area (Å²) in [6, 6.07) is 13.9. The Balaban J connectivity index is 1.66. The molecule has 8 nitrogen and oxygen atoms in total. The van der Waals surface area contributed by atoms with E-state index in [1.54, 1.807) is 47.8 Å². The van der Waals surface area contributed by atoms with Crippen LogP contribution in [-0.2, 0) is 4.79 Å². The van der Waals surface area contributed by atoms with E-state index in [2.05, 4.69) is 16.0 Å². The summed E-state index contributed by atoms with van der Waals surface area (Å²) in [4.78, 5) is 37.2. The van der Waals surface area contributed by atoms with Crippen LogP contribution in [0.25, 0.3) is 0 Å². The van der Waals surface area contributed by atoms with Crippen LogP contribution in [0.4, 0.5) is 11.4 Å². The molecule has 3 aromatic rings. The third-order valence-corrected chi connectivity index (χ3v) is 5.57. The zero-order chi connectivity index (χ0) is 25.0. The monoisotopic (exact) mass is 495 g/mol. The molecule has 3 N–H and O–H groups in total. The molecule has 0 atom stereocenters. The Morgan fingerprint density at radius 3 is 2.09 bits per heavy atom. The van der Waals surface area contributed by atoms with Gasteiger partial charge in [0.1, 0.15) is 11.5 Å². The van der Waals surface area contributed by atoms with Gasteiger partial charge in [0.15, 0.2) is 0 Å². The number of hydrogen-bond donors (Lipinski definition) is 3. The fraction of sp³-hybridized carbons (Fsp3) is 0.269. The molecule has 0 fully saturated rings. The highest BCUT2D eigenvalue weighted by molar-refractivity contribution is 7.08. The van der Waals surface area contributed by atoms with E-state index in [1.165, 1.54) is 11.3 Å². The van der Waals surface area contributed by atoms with Gasteiger partial charge in [-0.1, -0.05) is 18.2 Å². The van der Waals surface area contributed by atoms with Gasteiger partial charge in [0.05, 0.1) is 24.6 Å². The van der Waals surface area contributed by atoms with Gasteiger partial charge in [0.2, 0.25) is 5.91 Å². The number of ether oxygens (including phenoxy) is 2. The number of nitrogens with one attached hydrogen (secondary N) is 3. The zero-order valence-corrected chi connectivity index (χ0v) is 20.6. The normalized spacial score (nSPS) is 10.3. The van der Waals surface area contributed by atoms with Crippen LogP contribution < -0.4 is 25.4 Å².